The molecule has 3 aromatic heterocycles. The number of hydrogen-bond donors (Lipinski definition) is 0. The van der Waals surface area contributed by atoms with Crippen molar-refractivity contribution < 1.29 is 0 Å². The van der Waals surface area contributed by atoms with Gasteiger partial charge in [0, 0.05) is 60.5 Å². The van der Waals surface area contributed by atoms with Gasteiger partial charge < -0.3 is 13.7 Å². The first-order valence-electron chi connectivity index (χ1n) is 19.9. The van der Waals surface area contributed by atoms with Crippen molar-refractivity contribution in [3.63, 3.8) is 0 Å². The van der Waals surface area contributed by atoms with Crippen LogP contribution in [0.5, 0.6) is 0 Å². The zero-order chi connectivity index (χ0) is 37.5. The Morgan fingerprint density at radius 2 is 0.789 bits per heavy atom. The van der Waals surface area contributed by atoms with Gasteiger partial charge in [-0.05, 0) is 108 Å². The van der Waals surface area contributed by atoms with Gasteiger partial charge in [-0.3, -0.25) is 0 Å². The van der Waals surface area contributed by atoms with E-state index in [1.807, 2.05) is 0 Å². The second kappa shape index (κ2) is 12.6. The Labute approximate surface area is 329 Å². The van der Waals surface area contributed by atoms with Crippen LogP contribution in [0.2, 0.25) is 0 Å². The largest absolute Gasteiger partial charge is 0.310 e. The van der Waals surface area contributed by atoms with E-state index < -0.39 is 0 Å². The number of para-hydroxylation sites is 5. The molecule has 0 N–H and O–H groups in total. The molecular formula is C54H37N3. The van der Waals surface area contributed by atoms with E-state index in [4.69, 9.17) is 0 Å². The van der Waals surface area contributed by atoms with Crippen LogP contribution in [0.25, 0.3) is 94.9 Å². The summed E-state index contributed by atoms with van der Waals surface area (Å²) < 4.78 is 7.24. The van der Waals surface area contributed by atoms with Gasteiger partial charge in [0.2, 0.25) is 0 Å². The smallest absolute Gasteiger partial charge is 0.0541 e. The molecule has 0 spiro atoms. The van der Waals surface area contributed by atoms with Gasteiger partial charge in [-0.25, -0.2) is 0 Å². The van der Waals surface area contributed by atoms with Crippen LogP contribution < -0.4 is 10.6 Å². The predicted molar refractivity (Wildman–Crippen MR) is 239 cm³/mol. The molecule has 1 atom stereocenters. The third kappa shape index (κ3) is 4.92. The summed E-state index contributed by atoms with van der Waals surface area (Å²) in [5.74, 6) is 0.250. The van der Waals surface area contributed by atoms with Crippen LogP contribution in [-0.2, 0) is 0 Å². The Hall–Kier alpha value is -7.36. The topological polar surface area (TPSA) is 14.8 Å². The Balaban J connectivity index is 1.04. The minimum Gasteiger partial charge on any atom is -0.310 e. The van der Waals surface area contributed by atoms with Crippen molar-refractivity contribution >= 4 is 66.7 Å². The van der Waals surface area contributed by atoms with Gasteiger partial charge in [0.25, 0.3) is 0 Å². The lowest BCUT2D eigenvalue weighted by Crippen LogP contribution is -2.31. The lowest BCUT2D eigenvalue weighted by atomic mass is 9.90. The van der Waals surface area contributed by atoms with Crippen LogP contribution in [0.1, 0.15) is 17.9 Å². The Morgan fingerprint density at radius 1 is 0.351 bits per heavy atom. The molecule has 11 aromatic rings. The van der Waals surface area contributed by atoms with Crippen molar-refractivity contribution in [1.29, 1.82) is 0 Å². The van der Waals surface area contributed by atoms with Crippen molar-refractivity contribution in [1.82, 2.24) is 13.7 Å². The summed E-state index contributed by atoms with van der Waals surface area (Å²) in [7, 11) is 0. The van der Waals surface area contributed by atoms with Gasteiger partial charge in [-0.15, -0.1) is 0 Å². The molecule has 0 aliphatic heterocycles. The minimum absolute atomic E-state index is 0.250. The standard InChI is InChI=1S/C54H37N3/c1-4-14-40(15-5-1)55-49-22-12-10-20-43(49)45-32-36(24-28-51(45)55)38-26-30-53-47(34-38)48-35-39(27-31-54(48)57(53)42-18-8-3-9-19-42)37-25-29-52-46(33-37)44-21-11-13-23-50(44)56(52)41-16-6-2-7-17-41/h1-26,28-35,39H,27H2. The van der Waals surface area contributed by atoms with Crippen molar-refractivity contribution in [2.24, 2.45) is 0 Å². The SMILES string of the molecule is C1=c2c(n(-c3ccccc3)c3ccc(-c4ccc5c(c4)c4ccccc4n5-c4ccccc4)cc23)=CCC1c1ccc2c(c1)c1ccccc1n2-c1ccccc1. The highest BCUT2D eigenvalue weighted by molar-refractivity contribution is 6.11. The van der Waals surface area contributed by atoms with Crippen LogP contribution in [0.3, 0.4) is 0 Å². The number of nitrogens with zero attached hydrogens (tertiary/aromatic N) is 3. The third-order valence-electron chi connectivity index (χ3n) is 12.2. The van der Waals surface area contributed by atoms with E-state index >= 15 is 0 Å². The lowest BCUT2D eigenvalue weighted by molar-refractivity contribution is 0.909. The van der Waals surface area contributed by atoms with Crippen LogP contribution in [-0.4, -0.2) is 13.7 Å². The van der Waals surface area contributed by atoms with Gasteiger partial charge in [0.05, 0.1) is 27.6 Å². The van der Waals surface area contributed by atoms with Gasteiger partial charge in [0.1, 0.15) is 0 Å². The Bertz CT molecular complexity index is 3480. The molecule has 8 aromatic carbocycles. The average Bonchev–Trinajstić information content (AvgIpc) is 3.92. The van der Waals surface area contributed by atoms with E-state index in [0.717, 1.165) is 6.42 Å². The summed E-state index contributed by atoms with van der Waals surface area (Å²) in [6, 6.07) is 71.0. The molecule has 1 aliphatic carbocycles. The number of hydrogen-bond acceptors (Lipinski definition) is 0. The van der Waals surface area contributed by atoms with Crippen molar-refractivity contribution in [2.45, 2.75) is 12.3 Å². The summed E-state index contributed by atoms with van der Waals surface area (Å²) in [5.41, 5.74) is 13.5. The van der Waals surface area contributed by atoms with Crippen molar-refractivity contribution in [3.05, 3.63) is 210 Å². The summed E-state index contributed by atoms with van der Waals surface area (Å²) in [6.07, 6.45) is 5.94. The molecule has 0 radical (unpaired) electrons. The fourth-order valence-electron chi connectivity index (χ4n) is 9.57. The normalized spacial score (nSPS) is 14.0. The molecule has 0 saturated heterocycles. The molecule has 0 fully saturated rings. The van der Waals surface area contributed by atoms with E-state index in [9.17, 15) is 0 Å². The summed E-state index contributed by atoms with van der Waals surface area (Å²) in [5, 5.41) is 8.97. The zero-order valence-electron chi connectivity index (χ0n) is 31.3. The van der Waals surface area contributed by atoms with Crippen molar-refractivity contribution in [3.8, 4) is 28.2 Å². The van der Waals surface area contributed by atoms with Crippen LogP contribution in [0.15, 0.2) is 194 Å². The molecule has 1 aliphatic rings. The van der Waals surface area contributed by atoms with E-state index in [-0.39, 0.29) is 5.92 Å². The number of fused-ring (bicyclic) bond motifs is 9. The number of aromatic nitrogens is 3. The predicted octanol–water partition coefficient (Wildman–Crippen LogP) is 12.2. The molecule has 3 nitrogen and oxygen atoms in total. The molecule has 57 heavy (non-hydrogen) atoms. The average molecular weight is 728 g/mol. The summed E-state index contributed by atoms with van der Waals surface area (Å²) in [4.78, 5) is 0. The zero-order valence-corrected chi connectivity index (χ0v) is 31.3. The second-order valence-corrected chi connectivity index (χ2v) is 15.3. The molecule has 1 unspecified atom stereocenters. The summed E-state index contributed by atoms with van der Waals surface area (Å²) >= 11 is 0. The first kappa shape index (κ1) is 31.9. The Morgan fingerprint density at radius 3 is 1.37 bits per heavy atom. The Kier molecular flexibility index (Phi) is 7.05. The first-order valence-corrected chi connectivity index (χ1v) is 19.9. The first-order chi connectivity index (χ1) is 28.3. The molecule has 268 valence electrons. The van der Waals surface area contributed by atoms with Crippen LogP contribution >= 0.6 is 0 Å². The van der Waals surface area contributed by atoms with Gasteiger partial charge in [0.15, 0.2) is 0 Å². The third-order valence-corrected chi connectivity index (χ3v) is 12.2. The fourth-order valence-corrected chi connectivity index (χ4v) is 9.57. The van der Waals surface area contributed by atoms with E-state index in [2.05, 4.69) is 220 Å². The molecule has 3 heteroatoms. The molecular weight excluding hydrogens is 691 g/mol. The van der Waals surface area contributed by atoms with Crippen LogP contribution in [0.4, 0.5) is 0 Å². The van der Waals surface area contributed by atoms with Gasteiger partial charge >= 0.3 is 0 Å². The maximum atomic E-state index is 2.54. The number of rotatable bonds is 5. The van der Waals surface area contributed by atoms with E-state index in [1.165, 1.54) is 98.8 Å². The van der Waals surface area contributed by atoms with E-state index in [0.29, 0.717) is 0 Å². The highest BCUT2D eigenvalue weighted by Gasteiger charge is 2.20. The molecule has 12 rings (SSSR count). The minimum atomic E-state index is 0.250. The molecule has 3 heterocycles. The lowest BCUT2D eigenvalue weighted by Gasteiger charge is -2.15. The number of benzene rings is 8. The maximum Gasteiger partial charge on any atom is 0.0541 e. The second-order valence-electron chi connectivity index (χ2n) is 15.3. The highest BCUT2D eigenvalue weighted by Crippen LogP contribution is 2.37. The van der Waals surface area contributed by atoms with E-state index in [1.54, 1.807) is 0 Å². The molecule has 0 saturated carbocycles. The van der Waals surface area contributed by atoms with Gasteiger partial charge in [-0.1, -0.05) is 121 Å². The summed E-state index contributed by atoms with van der Waals surface area (Å²) in [6.45, 7) is 0. The quantitative estimate of drug-likeness (QED) is 0.168. The van der Waals surface area contributed by atoms with Crippen LogP contribution in [0, 0.1) is 0 Å². The maximum absolute atomic E-state index is 2.54. The molecule has 0 amide bonds. The monoisotopic (exact) mass is 727 g/mol. The molecule has 0 bridgehead atoms. The highest BCUT2D eigenvalue weighted by atomic mass is 15.0. The fraction of sp³-hybridized carbons (Fsp3) is 0.0370. The van der Waals surface area contributed by atoms with Crippen molar-refractivity contribution in [2.75, 3.05) is 0 Å². The van der Waals surface area contributed by atoms with Gasteiger partial charge in [-0.2, -0.15) is 0 Å².